The van der Waals surface area contributed by atoms with E-state index in [1.54, 1.807) is 0 Å². The Morgan fingerprint density at radius 3 is 2.40 bits per heavy atom. The van der Waals surface area contributed by atoms with Crippen molar-refractivity contribution >= 4 is 17.4 Å². The van der Waals surface area contributed by atoms with Crippen LogP contribution in [0.4, 0.5) is 5.69 Å². The van der Waals surface area contributed by atoms with Gasteiger partial charge in [-0.1, -0.05) is 13.0 Å². The van der Waals surface area contributed by atoms with Gasteiger partial charge < -0.3 is 5.32 Å². The SMILES string of the molecule is Cc1cc(C)cc(NC2CSC(C)C2)c1. The summed E-state index contributed by atoms with van der Waals surface area (Å²) in [7, 11) is 0. The second-order valence-corrected chi connectivity index (χ2v) is 6.07. The summed E-state index contributed by atoms with van der Waals surface area (Å²) >= 11 is 2.07. The molecule has 1 nitrogen and oxygen atoms in total. The minimum atomic E-state index is 0.659. The van der Waals surface area contributed by atoms with Crippen molar-refractivity contribution < 1.29 is 0 Å². The standard InChI is InChI=1S/C13H19NS/c1-9-4-10(2)6-12(5-9)14-13-7-11(3)15-8-13/h4-6,11,13-14H,7-8H2,1-3H3. The molecule has 1 aromatic rings. The van der Waals surface area contributed by atoms with Crippen molar-refractivity contribution in [2.45, 2.75) is 38.5 Å². The Morgan fingerprint density at radius 1 is 1.20 bits per heavy atom. The molecule has 0 radical (unpaired) electrons. The first kappa shape index (κ1) is 10.9. The van der Waals surface area contributed by atoms with Gasteiger partial charge in [0.2, 0.25) is 0 Å². The minimum Gasteiger partial charge on any atom is -0.381 e. The zero-order valence-corrected chi connectivity index (χ0v) is 10.5. The summed E-state index contributed by atoms with van der Waals surface area (Å²) in [5.41, 5.74) is 3.97. The van der Waals surface area contributed by atoms with E-state index in [1.165, 1.54) is 29.0 Å². The predicted molar refractivity (Wildman–Crippen MR) is 69.9 cm³/mol. The van der Waals surface area contributed by atoms with Crippen LogP contribution in [0.3, 0.4) is 0 Å². The van der Waals surface area contributed by atoms with Crippen molar-refractivity contribution in [2.75, 3.05) is 11.1 Å². The molecule has 0 aromatic heterocycles. The van der Waals surface area contributed by atoms with Crippen LogP contribution in [-0.2, 0) is 0 Å². The van der Waals surface area contributed by atoms with Crippen LogP contribution in [0.15, 0.2) is 18.2 Å². The normalized spacial score (nSPS) is 25.5. The Morgan fingerprint density at radius 2 is 1.87 bits per heavy atom. The molecule has 1 fully saturated rings. The van der Waals surface area contributed by atoms with Crippen molar-refractivity contribution in [2.24, 2.45) is 0 Å². The zero-order chi connectivity index (χ0) is 10.8. The molecular formula is C13H19NS. The van der Waals surface area contributed by atoms with Crippen LogP contribution < -0.4 is 5.32 Å². The number of rotatable bonds is 2. The number of aryl methyl sites for hydroxylation is 2. The van der Waals surface area contributed by atoms with Crippen molar-refractivity contribution in [3.63, 3.8) is 0 Å². The Hall–Kier alpha value is -0.630. The Balaban J connectivity index is 2.04. The lowest BCUT2D eigenvalue weighted by Crippen LogP contribution is -2.18. The minimum absolute atomic E-state index is 0.659. The van der Waals surface area contributed by atoms with Crippen LogP contribution in [0, 0.1) is 13.8 Å². The summed E-state index contributed by atoms with van der Waals surface area (Å²) in [6.07, 6.45) is 1.29. The number of thioether (sulfide) groups is 1. The maximum Gasteiger partial charge on any atom is 0.0362 e. The van der Waals surface area contributed by atoms with Crippen molar-refractivity contribution in [3.8, 4) is 0 Å². The fraction of sp³-hybridized carbons (Fsp3) is 0.538. The number of hydrogen-bond donors (Lipinski definition) is 1. The van der Waals surface area contributed by atoms with Crippen LogP contribution in [0.25, 0.3) is 0 Å². The molecule has 1 N–H and O–H groups in total. The van der Waals surface area contributed by atoms with Crippen LogP contribution in [0.2, 0.25) is 0 Å². The number of benzene rings is 1. The summed E-state index contributed by atoms with van der Waals surface area (Å²) < 4.78 is 0. The molecule has 0 aliphatic carbocycles. The van der Waals surface area contributed by atoms with E-state index in [-0.39, 0.29) is 0 Å². The Kier molecular flexibility index (Phi) is 3.25. The highest BCUT2D eigenvalue weighted by Crippen LogP contribution is 2.28. The van der Waals surface area contributed by atoms with Gasteiger partial charge in [0.25, 0.3) is 0 Å². The molecule has 0 spiro atoms. The lowest BCUT2D eigenvalue weighted by atomic mass is 10.1. The van der Waals surface area contributed by atoms with Gasteiger partial charge in [-0.15, -0.1) is 0 Å². The molecule has 1 aromatic carbocycles. The first-order valence-corrected chi connectivity index (χ1v) is 6.65. The fourth-order valence-corrected chi connectivity index (χ4v) is 3.36. The van der Waals surface area contributed by atoms with Gasteiger partial charge in [0.1, 0.15) is 0 Å². The van der Waals surface area contributed by atoms with Gasteiger partial charge in [-0.25, -0.2) is 0 Å². The van der Waals surface area contributed by atoms with Gasteiger partial charge in [0, 0.05) is 22.7 Å². The van der Waals surface area contributed by atoms with Gasteiger partial charge in [-0.2, -0.15) is 11.8 Å². The molecule has 1 saturated heterocycles. The fourth-order valence-electron chi connectivity index (χ4n) is 2.21. The van der Waals surface area contributed by atoms with Gasteiger partial charge in [-0.3, -0.25) is 0 Å². The molecule has 0 bridgehead atoms. The molecule has 2 rings (SSSR count). The second kappa shape index (κ2) is 4.48. The average molecular weight is 221 g/mol. The highest BCUT2D eigenvalue weighted by Gasteiger charge is 2.21. The maximum atomic E-state index is 3.63. The van der Waals surface area contributed by atoms with E-state index in [1.807, 2.05) is 0 Å². The zero-order valence-electron chi connectivity index (χ0n) is 9.71. The molecule has 1 aliphatic rings. The number of anilines is 1. The summed E-state index contributed by atoms with van der Waals surface area (Å²) in [6.45, 7) is 6.63. The highest BCUT2D eigenvalue weighted by molar-refractivity contribution is 8.00. The second-order valence-electron chi connectivity index (χ2n) is 4.60. The third kappa shape index (κ3) is 2.91. The lowest BCUT2D eigenvalue weighted by molar-refractivity contribution is 0.747. The third-order valence-corrected chi connectivity index (χ3v) is 4.15. The topological polar surface area (TPSA) is 12.0 Å². The van der Waals surface area contributed by atoms with Gasteiger partial charge in [-0.05, 0) is 43.5 Å². The van der Waals surface area contributed by atoms with E-state index in [0.29, 0.717) is 6.04 Å². The van der Waals surface area contributed by atoms with Crippen molar-refractivity contribution in [1.29, 1.82) is 0 Å². The number of hydrogen-bond acceptors (Lipinski definition) is 2. The molecular weight excluding hydrogens is 202 g/mol. The van der Waals surface area contributed by atoms with E-state index in [0.717, 1.165) is 5.25 Å². The van der Waals surface area contributed by atoms with Crippen LogP contribution in [-0.4, -0.2) is 17.0 Å². The van der Waals surface area contributed by atoms with Gasteiger partial charge in [0.15, 0.2) is 0 Å². The van der Waals surface area contributed by atoms with Gasteiger partial charge >= 0.3 is 0 Å². The first-order valence-electron chi connectivity index (χ1n) is 5.60. The molecule has 1 aliphatic heterocycles. The van der Waals surface area contributed by atoms with Crippen molar-refractivity contribution in [1.82, 2.24) is 0 Å². The van der Waals surface area contributed by atoms with E-state index >= 15 is 0 Å². The van der Waals surface area contributed by atoms with Gasteiger partial charge in [0.05, 0.1) is 0 Å². The van der Waals surface area contributed by atoms with Crippen LogP contribution in [0.1, 0.15) is 24.5 Å². The van der Waals surface area contributed by atoms with E-state index in [9.17, 15) is 0 Å². The first-order chi connectivity index (χ1) is 7.13. The molecule has 2 unspecified atom stereocenters. The van der Waals surface area contributed by atoms with E-state index in [2.05, 4.69) is 56.0 Å². The quantitative estimate of drug-likeness (QED) is 0.819. The van der Waals surface area contributed by atoms with Crippen LogP contribution >= 0.6 is 11.8 Å². The monoisotopic (exact) mass is 221 g/mol. The summed E-state index contributed by atoms with van der Waals surface area (Å²) in [5.74, 6) is 1.24. The molecule has 2 atom stereocenters. The van der Waals surface area contributed by atoms with E-state index in [4.69, 9.17) is 0 Å². The molecule has 0 saturated carbocycles. The molecule has 1 heterocycles. The molecule has 15 heavy (non-hydrogen) atoms. The smallest absolute Gasteiger partial charge is 0.0362 e. The highest BCUT2D eigenvalue weighted by atomic mass is 32.2. The molecule has 82 valence electrons. The summed E-state index contributed by atoms with van der Waals surface area (Å²) in [4.78, 5) is 0. The Bertz CT molecular complexity index is 328. The summed E-state index contributed by atoms with van der Waals surface area (Å²) in [6, 6.07) is 7.35. The average Bonchev–Trinajstić information content (AvgIpc) is 2.49. The third-order valence-electron chi connectivity index (χ3n) is 2.79. The molecule has 0 amide bonds. The van der Waals surface area contributed by atoms with Crippen LogP contribution in [0.5, 0.6) is 0 Å². The van der Waals surface area contributed by atoms with E-state index < -0.39 is 0 Å². The lowest BCUT2D eigenvalue weighted by Gasteiger charge is -2.14. The largest absolute Gasteiger partial charge is 0.381 e. The van der Waals surface area contributed by atoms with Crippen molar-refractivity contribution in [3.05, 3.63) is 29.3 Å². The predicted octanol–water partition coefficient (Wildman–Crippen LogP) is 3.61. The summed E-state index contributed by atoms with van der Waals surface area (Å²) in [5, 5.41) is 4.45. The maximum absolute atomic E-state index is 3.63. The molecule has 2 heteroatoms. The Labute approximate surface area is 96.7 Å². The number of nitrogens with one attached hydrogen (secondary N) is 1.